The first-order valence-corrected chi connectivity index (χ1v) is 3.48. The molecule has 0 fully saturated rings. The van der Waals surface area contributed by atoms with Crippen molar-refractivity contribution in [3.05, 3.63) is 0 Å². The fraction of sp³-hybridized carbons (Fsp3) is 0.857. The molecule has 2 unspecified atom stereocenters. The lowest BCUT2D eigenvalue weighted by Crippen LogP contribution is -2.35. The number of ether oxygens (including phenoxy) is 3. The lowest BCUT2D eigenvalue weighted by molar-refractivity contribution is -0.194. The molecule has 72 valence electrons. The summed E-state index contributed by atoms with van der Waals surface area (Å²) in [7, 11) is 2.86. The van der Waals surface area contributed by atoms with Gasteiger partial charge in [-0.1, -0.05) is 0 Å². The van der Waals surface area contributed by atoms with Gasteiger partial charge in [-0.2, -0.15) is 0 Å². The van der Waals surface area contributed by atoms with E-state index in [0.717, 1.165) is 0 Å². The van der Waals surface area contributed by atoms with E-state index < -0.39 is 18.4 Å². The number of methoxy groups -OCH3 is 2. The van der Waals surface area contributed by atoms with Crippen LogP contribution in [0.2, 0.25) is 0 Å². The van der Waals surface area contributed by atoms with Crippen molar-refractivity contribution in [2.45, 2.75) is 19.3 Å². The molecular weight excluding hydrogens is 164 g/mol. The normalized spacial score (nSPS) is 15.3. The molecule has 12 heavy (non-hydrogen) atoms. The highest BCUT2D eigenvalue weighted by atomic mass is 16.7. The molecule has 2 atom stereocenters. The molecule has 0 aliphatic heterocycles. The molecule has 0 saturated heterocycles. The highest BCUT2D eigenvalue weighted by Crippen LogP contribution is 2.00. The summed E-state index contributed by atoms with van der Waals surface area (Å²) in [6, 6.07) is 0. The molecule has 0 rings (SSSR count). The third-order valence-corrected chi connectivity index (χ3v) is 1.24. The Hall–Kier alpha value is -0.650. The lowest BCUT2D eigenvalue weighted by atomic mass is 10.3. The van der Waals surface area contributed by atoms with E-state index in [9.17, 15) is 4.79 Å². The number of rotatable bonds is 5. The van der Waals surface area contributed by atoms with Gasteiger partial charge in [-0.15, -0.1) is 0 Å². The minimum Gasteiger partial charge on any atom is -0.433 e. The number of esters is 1. The zero-order valence-corrected chi connectivity index (χ0v) is 7.44. The van der Waals surface area contributed by atoms with Gasteiger partial charge in [0.15, 0.2) is 0 Å². The molecule has 1 N–H and O–H groups in total. The second-order valence-electron chi connectivity index (χ2n) is 2.23. The van der Waals surface area contributed by atoms with E-state index in [0.29, 0.717) is 0 Å². The minimum atomic E-state index is -1.27. The molecule has 5 heteroatoms. The fourth-order valence-corrected chi connectivity index (χ4v) is 0.677. The van der Waals surface area contributed by atoms with Crippen molar-refractivity contribution >= 4 is 5.97 Å². The van der Waals surface area contributed by atoms with Gasteiger partial charge in [-0.3, -0.25) is 4.79 Å². The fourth-order valence-electron chi connectivity index (χ4n) is 0.677. The Balaban J connectivity index is 3.84. The van der Waals surface area contributed by atoms with Gasteiger partial charge in [0.2, 0.25) is 6.29 Å². The van der Waals surface area contributed by atoms with Crippen molar-refractivity contribution in [1.82, 2.24) is 0 Å². The summed E-state index contributed by atoms with van der Waals surface area (Å²) in [5, 5.41) is 9.16. The molecular formula is C7H14O5. The number of aliphatic hydroxyl groups excluding tert-OH is 1. The van der Waals surface area contributed by atoms with Gasteiger partial charge < -0.3 is 19.3 Å². The van der Waals surface area contributed by atoms with Gasteiger partial charge >= 0.3 is 5.97 Å². The largest absolute Gasteiger partial charge is 0.433 e. The lowest BCUT2D eigenvalue weighted by Gasteiger charge is -2.19. The summed E-state index contributed by atoms with van der Waals surface area (Å²) in [4.78, 5) is 10.4. The molecule has 0 spiro atoms. The van der Waals surface area contributed by atoms with E-state index in [-0.39, 0.29) is 6.61 Å². The van der Waals surface area contributed by atoms with Crippen LogP contribution in [0.15, 0.2) is 0 Å². The maximum absolute atomic E-state index is 10.4. The molecule has 0 aromatic carbocycles. The van der Waals surface area contributed by atoms with Crippen molar-refractivity contribution < 1.29 is 24.1 Å². The average molecular weight is 178 g/mol. The zero-order valence-electron chi connectivity index (χ0n) is 7.44. The Kier molecular flexibility index (Phi) is 5.61. The van der Waals surface area contributed by atoms with Crippen LogP contribution in [0, 0.1) is 0 Å². The number of carbonyl (C=O) groups is 1. The maximum atomic E-state index is 10.4. The minimum absolute atomic E-state index is 0.172. The highest BCUT2D eigenvalue weighted by Gasteiger charge is 2.20. The number of hydrogen-bond donors (Lipinski definition) is 1. The van der Waals surface area contributed by atoms with Crippen LogP contribution in [0.1, 0.15) is 6.92 Å². The average Bonchev–Trinajstić information content (AvgIpc) is 1.98. The Morgan fingerprint density at radius 1 is 1.50 bits per heavy atom. The number of aliphatic hydroxyl groups is 1. The molecule has 0 radical (unpaired) electrons. The van der Waals surface area contributed by atoms with Gasteiger partial charge in [0.25, 0.3) is 0 Å². The predicted molar refractivity (Wildman–Crippen MR) is 40.4 cm³/mol. The van der Waals surface area contributed by atoms with E-state index in [2.05, 4.69) is 4.74 Å². The summed E-state index contributed by atoms with van der Waals surface area (Å²) in [5.41, 5.74) is 0. The molecule has 5 nitrogen and oxygen atoms in total. The molecule has 0 aliphatic carbocycles. The van der Waals surface area contributed by atoms with E-state index in [1.54, 1.807) is 0 Å². The summed E-state index contributed by atoms with van der Waals surface area (Å²) < 4.78 is 14.0. The first-order valence-electron chi connectivity index (χ1n) is 3.48. The molecule has 0 aromatic rings. The smallest absolute Gasteiger partial charge is 0.305 e. The van der Waals surface area contributed by atoms with Gasteiger partial charge in [0, 0.05) is 21.1 Å². The summed E-state index contributed by atoms with van der Waals surface area (Å²) >= 11 is 0. The van der Waals surface area contributed by atoms with Crippen LogP contribution in [0.25, 0.3) is 0 Å². The first-order chi connectivity index (χ1) is 5.61. The molecule has 0 aromatic heterocycles. The molecule has 0 bridgehead atoms. The van der Waals surface area contributed by atoms with Crippen molar-refractivity contribution in [2.75, 3.05) is 20.8 Å². The van der Waals surface area contributed by atoms with Gasteiger partial charge in [0.05, 0.1) is 6.61 Å². The van der Waals surface area contributed by atoms with Crippen LogP contribution >= 0.6 is 0 Å². The van der Waals surface area contributed by atoms with Crippen molar-refractivity contribution in [1.29, 1.82) is 0 Å². The van der Waals surface area contributed by atoms with Crippen molar-refractivity contribution in [3.8, 4) is 0 Å². The van der Waals surface area contributed by atoms with Crippen LogP contribution in [-0.4, -0.2) is 44.3 Å². The van der Waals surface area contributed by atoms with Crippen LogP contribution in [0.3, 0.4) is 0 Å². The molecule has 0 saturated carbocycles. The van der Waals surface area contributed by atoms with Crippen LogP contribution in [0.4, 0.5) is 0 Å². The topological polar surface area (TPSA) is 65.0 Å². The van der Waals surface area contributed by atoms with E-state index in [1.165, 1.54) is 21.1 Å². The van der Waals surface area contributed by atoms with Gasteiger partial charge in [-0.05, 0) is 0 Å². The molecule has 0 heterocycles. The molecule has 0 amide bonds. The Labute approximate surface area is 71.2 Å². The number of hydrogen-bond acceptors (Lipinski definition) is 5. The summed E-state index contributed by atoms with van der Waals surface area (Å²) in [5.74, 6) is -0.555. The number of carbonyl (C=O) groups excluding carboxylic acids is 1. The second-order valence-corrected chi connectivity index (χ2v) is 2.23. The predicted octanol–water partition coefficient (Wildman–Crippen LogP) is -0.471. The highest BCUT2D eigenvalue weighted by molar-refractivity contribution is 5.66. The quantitative estimate of drug-likeness (QED) is 0.455. The van der Waals surface area contributed by atoms with Crippen molar-refractivity contribution in [3.63, 3.8) is 0 Å². The van der Waals surface area contributed by atoms with Crippen LogP contribution < -0.4 is 0 Å². The van der Waals surface area contributed by atoms with Crippen molar-refractivity contribution in [2.24, 2.45) is 0 Å². The third-order valence-electron chi connectivity index (χ3n) is 1.24. The van der Waals surface area contributed by atoms with Crippen LogP contribution in [-0.2, 0) is 19.0 Å². The van der Waals surface area contributed by atoms with E-state index in [4.69, 9.17) is 14.6 Å². The Morgan fingerprint density at radius 2 is 2.08 bits per heavy atom. The third kappa shape index (κ3) is 4.27. The summed E-state index contributed by atoms with van der Waals surface area (Å²) in [6.45, 7) is 1.38. The zero-order chi connectivity index (χ0) is 9.56. The first kappa shape index (κ1) is 11.4. The van der Waals surface area contributed by atoms with E-state index in [1.807, 2.05) is 0 Å². The SMILES string of the molecule is COCC(OC)C(O)OC(C)=O. The van der Waals surface area contributed by atoms with Gasteiger partial charge in [-0.25, -0.2) is 0 Å². The Bertz CT molecular complexity index is 136. The summed E-state index contributed by atoms with van der Waals surface area (Å²) in [6.07, 6.45) is -1.91. The maximum Gasteiger partial charge on any atom is 0.305 e. The molecule has 0 aliphatic rings. The van der Waals surface area contributed by atoms with Gasteiger partial charge in [0.1, 0.15) is 6.10 Å². The standard InChI is InChI=1S/C7H14O5/c1-5(8)12-7(9)6(11-3)4-10-2/h6-7,9H,4H2,1-3H3. The van der Waals surface area contributed by atoms with E-state index >= 15 is 0 Å². The Morgan fingerprint density at radius 3 is 2.42 bits per heavy atom. The second kappa shape index (κ2) is 5.93. The van der Waals surface area contributed by atoms with Crippen LogP contribution in [0.5, 0.6) is 0 Å². The monoisotopic (exact) mass is 178 g/mol.